The Labute approximate surface area is 108 Å². The Balaban J connectivity index is 1.56. The standard InChI is InChI=1S/C15H22OS/c16-15(9-7-14-4-2-10-17-14)8-1-3-13(11-15)12-5-6-12/h2,4,10,12-13,16H,1,3,5-9,11H2. The highest BCUT2D eigenvalue weighted by molar-refractivity contribution is 7.09. The van der Waals surface area contributed by atoms with Crippen LogP contribution in [0.3, 0.4) is 0 Å². The maximum absolute atomic E-state index is 10.7. The molecule has 0 spiro atoms. The first-order valence-corrected chi connectivity index (χ1v) is 7.88. The molecule has 0 aliphatic heterocycles. The summed E-state index contributed by atoms with van der Waals surface area (Å²) in [6.07, 6.45) is 9.58. The van der Waals surface area contributed by atoms with Crippen LogP contribution in [0.2, 0.25) is 0 Å². The zero-order valence-corrected chi connectivity index (χ0v) is 11.2. The summed E-state index contributed by atoms with van der Waals surface area (Å²) in [5.41, 5.74) is -0.352. The molecule has 0 bridgehead atoms. The molecule has 2 aliphatic carbocycles. The summed E-state index contributed by atoms with van der Waals surface area (Å²) in [5, 5.41) is 12.9. The summed E-state index contributed by atoms with van der Waals surface area (Å²) < 4.78 is 0. The lowest BCUT2D eigenvalue weighted by Gasteiger charge is -2.37. The van der Waals surface area contributed by atoms with Crippen molar-refractivity contribution >= 4 is 11.3 Å². The molecule has 2 fully saturated rings. The third kappa shape index (κ3) is 2.92. The van der Waals surface area contributed by atoms with E-state index in [9.17, 15) is 5.11 Å². The van der Waals surface area contributed by atoms with Gasteiger partial charge >= 0.3 is 0 Å². The summed E-state index contributed by atoms with van der Waals surface area (Å²) in [7, 11) is 0. The smallest absolute Gasteiger partial charge is 0.0654 e. The molecule has 2 aliphatic rings. The van der Waals surface area contributed by atoms with Crippen LogP contribution in [0.25, 0.3) is 0 Å². The topological polar surface area (TPSA) is 20.2 Å². The zero-order valence-electron chi connectivity index (χ0n) is 10.4. The van der Waals surface area contributed by atoms with Crippen LogP contribution in [0.15, 0.2) is 17.5 Å². The predicted molar refractivity (Wildman–Crippen MR) is 72.3 cm³/mol. The molecule has 2 saturated carbocycles. The molecule has 0 amide bonds. The minimum Gasteiger partial charge on any atom is -0.390 e. The van der Waals surface area contributed by atoms with Crippen LogP contribution < -0.4 is 0 Å². The van der Waals surface area contributed by atoms with Crippen molar-refractivity contribution in [2.75, 3.05) is 0 Å². The lowest BCUT2D eigenvalue weighted by Crippen LogP contribution is -2.36. The second-order valence-corrected chi connectivity index (χ2v) is 7.03. The van der Waals surface area contributed by atoms with Gasteiger partial charge < -0.3 is 5.11 Å². The monoisotopic (exact) mass is 250 g/mol. The van der Waals surface area contributed by atoms with E-state index in [4.69, 9.17) is 0 Å². The van der Waals surface area contributed by atoms with Gasteiger partial charge in [-0.25, -0.2) is 0 Å². The van der Waals surface area contributed by atoms with Crippen LogP contribution >= 0.6 is 11.3 Å². The normalized spacial score (nSPS) is 33.8. The van der Waals surface area contributed by atoms with E-state index in [-0.39, 0.29) is 5.60 Å². The summed E-state index contributed by atoms with van der Waals surface area (Å²) in [4.78, 5) is 1.42. The quantitative estimate of drug-likeness (QED) is 0.856. The summed E-state index contributed by atoms with van der Waals surface area (Å²) in [6, 6.07) is 4.30. The highest BCUT2D eigenvalue weighted by Gasteiger charge is 2.40. The fourth-order valence-corrected chi connectivity index (χ4v) is 4.10. The maximum Gasteiger partial charge on any atom is 0.0654 e. The van der Waals surface area contributed by atoms with Gasteiger partial charge in [0.2, 0.25) is 0 Å². The number of rotatable bonds is 4. The van der Waals surface area contributed by atoms with E-state index in [1.54, 1.807) is 0 Å². The first kappa shape index (κ1) is 11.7. The highest BCUT2D eigenvalue weighted by Crippen LogP contribution is 2.47. The van der Waals surface area contributed by atoms with Gasteiger partial charge in [-0.3, -0.25) is 0 Å². The van der Waals surface area contributed by atoms with E-state index in [1.807, 2.05) is 11.3 Å². The van der Waals surface area contributed by atoms with Crippen molar-refractivity contribution in [3.05, 3.63) is 22.4 Å². The molecule has 2 heteroatoms. The fourth-order valence-electron chi connectivity index (χ4n) is 3.39. The number of hydrogen-bond acceptors (Lipinski definition) is 2. The van der Waals surface area contributed by atoms with Gasteiger partial charge in [0.1, 0.15) is 0 Å². The third-order valence-electron chi connectivity index (χ3n) is 4.56. The van der Waals surface area contributed by atoms with Crippen molar-refractivity contribution in [2.24, 2.45) is 11.8 Å². The molecular formula is C15H22OS. The molecule has 1 aromatic rings. The van der Waals surface area contributed by atoms with Gasteiger partial charge in [-0.1, -0.05) is 12.5 Å². The van der Waals surface area contributed by atoms with Gasteiger partial charge in [0.25, 0.3) is 0 Å². The van der Waals surface area contributed by atoms with E-state index in [2.05, 4.69) is 17.5 Å². The van der Waals surface area contributed by atoms with Crippen molar-refractivity contribution in [3.63, 3.8) is 0 Å². The van der Waals surface area contributed by atoms with Crippen molar-refractivity contribution in [1.29, 1.82) is 0 Å². The van der Waals surface area contributed by atoms with Gasteiger partial charge in [0.15, 0.2) is 0 Å². The number of aryl methyl sites for hydroxylation is 1. The molecule has 0 saturated heterocycles. The van der Waals surface area contributed by atoms with Crippen LogP contribution in [-0.2, 0) is 6.42 Å². The maximum atomic E-state index is 10.7. The second kappa shape index (κ2) is 4.74. The Hall–Kier alpha value is -0.340. The molecule has 1 aromatic heterocycles. The molecule has 2 unspecified atom stereocenters. The van der Waals surface area contributed by atoms with Crippen molar-refractivity contribution in [3.8, 4) is 0 Å². The van der Waals surface area contributed by atoms with Crippen molar-refractivity contribution in [2.45, 2.75) is 57.0 Å². The van der Waals surface area contributed by atoms with Crippen LogP contribution in [0.5, 0.6) is 0 Å². The Morgan fingerprint density at radius 1 is 1.29 bits per heavy atom. The van der Waals surface area contributed by atoms with E-state index >= 15 is 0 Å². The summed E-state index contributed by atoms with van der Waals surface area (Å²) in [6.45, 7) is 0. The average molecular weight is 250 g/mol. The lowest BCUT2D eigenvalue weighted by molar-refractivity contribution is -0.0264. The molecule has 2 atom stereocenters. The molecule has 1 N–H and O–H groups in total. The van der Waals surface area contributed by atoms with Gasteiger partial charge in [-0.2, -0.15) is 0 Å². The third-order valence-corrected chi connectivity index (χ3v) is 5.50. The van der Waals surface area contributed by atoms with Gasteiger partial charge in [-0.15, -0.1) is 11.3 Å². The van der Waals surface area contributed by atoms with E-state index < -0.39 is 0 Å². The van der Waals surface area contributed by atoms with E-state index in [1.165, 1.54) is 30.6 Å². The van der Waals surface area contributed by atoms with E-state index in [0.29, 0.717) is 0 Å². The average Bonchev–Trinajstić information content (AvgIpc) is 3.04. The first-order valence-electron chi connectivity index (χ1n) is 7.00. The van der Waals surface area contributed by atoms with Crippen molar-refractivity contribution < 1.29 is 5.11 Å². The number of thiophene rings is 1. The molecule has 0 aromatic carbocycles. The summed E-state index contributed by atoms with van der Waals surface area (Å²) >= 11 is 1.82. The Kier molecular flexibility index (Phi) is 3.27. The predicted octanol–water partition coefficient (Wildman–Crippen LogP) is 4.01. The highest BCUT2D eigenvalue weighted by atomic mass is 32.1. The van der Waals surface area contributed by atoms with Crippen molar-refractivity contribution in [1.82, 2.24) is 0 Å². The Morgan fingerprint density at radius 3 is 2.88 bits per heavy atom. The number of hydrogen-bond donors (Lipinski definition) is 1. The van der Waals surface area contributed by atoms with E-state index in [0.717, 1.165) is 37.5 Å². The van der Waals surface area contributed by atoms with Gasteiger partial charge in [0, 0.05) is 4.88 Å². The molecule has 1 nitrogen and oxygen atoms in total. The SMILES string of the molecule is OC1(CCc2cccs2)CCCC(C2CC2)C1. The fraction of sp³-hybridized carbons (Fsp3) is 0.733. The van der Waals surface area contributed by atoms with Crippen LogP contribution in [0.1, 0.15) is 49.8 Å². The minimum atomic E-state index is -0.352. The molecule has 94 valence electrons. The molecule has 3 rings (SSSR count). The molecular weight excluding hydrogens is 228 g/mol. The molecule has 17 heavy (non-hydrogen) atoms. The first-order chi connectivity index (χ1) is 8.25. The lowest BCUT2D eigenvalue weighted by atomic mass is 9.74. The second-order valence-electron chi connectivity index (χ2n) is 6.00. The van der Waals surface area contributed by atoms with Gasteiger partial charge in [0.05, 0.1) is 5.60 Å². The minimum absolute atomic E-state index is 0.352. The molecule has 1 heterocycles. The molecule has 0 radical (unpaired) electrons. The summed E-state index contributed by atoms with van der Waals surface area (Å²) in [5.74, 6) is 1.79. The zero-order chi connectivity index (χ0) is 11.7. The largest absolute Gasteiger partial charge is 0.390 e. The number of aliphatic hydroxyl groups is 1. The Morgan fingerprint density at radius 2 is 2.18 bits per heavy atom. The van der Waals surface area contributed by atoms with Gasteiger partial charge in [-0.05, 0) is 68.2 Å². The van der Waals surface area contributed by atoms with Crippen LogP contribution in [0.4, 0.5) is 0 Å². The Bertz CT molecular complexity index is 355. The van der Waals surface area contributed by atoms with Crippen LogP contribution in [0, 0.1) is 11.8 Å². The van der Waals surface area contributed by atoms with Crippen LogP contribution in [-0.4, -0.2) is 10.7 Å².